The molecule has 2 aliphatic heterocycles. The topological polar surface area (TPSA) is 85.4 Å². The van der Waals surface area contributed by atoms with Crippen LogP contribution in [0.25, 0.3) is 11.0 Å². The summed E-state index contributed by atoms with van der Waals surface area (Å²) in [5.74, 6) is 0.339. The van der Waals surface area contributed by atoms with Gasteiger partial charge < -0.3 is 23.7 Å². The van der Waals surface area contributed by atoms with E-state index in [9.17, 15) is 5.26 Å². The lowest BCUT2D eigenvalue weighted by molar-refractivity contribution is -0.00461. The van der Waals surface area contributed by atoms with Gasteiger partial charge in [0.05, 0.1) is 49.4 Å². The highest BCUT2D eigenvalue weighted by Gasteiger charge is 2.39. The molecule has 2 aromatic heterocycles. The number of imidazole rings is 1. The summed E-state index contributed by atoms with van der Waals surface area (Å²) in [7, 11) is 1.52. The van der Waals surface area contributed by atoms with Crippen LogP contribution in [0, 0.1) is 11.3 Å². The van der Waals surface area contributed by atoms with E-state index in [1.807, 2.05) is 30.6 Å². The highest BCUT2D eigenvalue weighted by atomic mass is 16.6. The van der Waals surface area contributed by atoms with Crippen LogP contribution in [0.2, 0.25) is 0 Å². The number of benzene rings is 1. The Balaban J connectivity index is 1.33. The molecule has 0 N–H and O–H groups in total. The van der Waals surface area contributed by atoms with Crippen molar-refractivity contribution in [1.29, 1.82) is 5.26 Å². The minimum atomic E-state index is -0.0551. The van der Waals surface area contributed by atoms with E-state index >= 15 is 0 Å². The molecular weight excluding hydrogens is 370 g/mol. The second kappa shape index (κ2) is 7.35. The molecule has 0 radical (unpaired) electrons. The van der Waals surface area contributed by atoms with Gasteiger partial charge in [0.15, 0.2) is 0 Å². The quantitative estimate of drug-likeness (QED) is 0.676. The molecule has 3 aromatic rings. The number of nitrogens with zero attached hydrogens (tertiary/aromatic N) is 5. The first-order chi connectivity index (χ1) is 14.3. The van der Waals surface area contributed by atoms with Crippen LogP contribution in [0.15, 0.2) is 42.9 Å². The SMILES string of the molecule is COc1nccc(N2C[C@@H]3OCC(n4cnc5ccccc54)CO[C@H]3C2)c1C#N. The second-order valence-electron chi connectivity index (χ2n) is 7.27. The Kier molecular flexibility index (Phi) is 4.54. The van der Waals surface area contributed by atoms with Crippen molar-refractivity contribution in [3.63, 3.8) is 0 Å². The van der Waals surface area contributed by atoms with Gasteiger partial charge in [0.1, 0.15) is 23.8 Å². The zero-order valence-corrected chi connectivity index (χ0v) is 16.1. The Hall–Kier alpha value is -3.15. The molecule has 1 aromatic carbocycles. The minimum Gasteiger partial charge on any atom is -0.480 e. The van der Waals surface area contributed by atoms with Crippen molar-refractivity contribution >= 4 is 16.7 Å². The van der Waals surface area contributed by atoms with Crippen molar-refractivity contribution in [3.8, 4) is 11.9 Å². The summed E-state index contributed by atoms with van der Waals surface area (Å²) in [5.41, 5.74) is 3.30. The van der Waals surface area contributed by atoms with Crippen molar-refractivity contribution in [2.45, 2.75) is 18.2 Å². The molecule has 0 aliphatic carbocycles. The van der Waals surface area contributed by atoms with E-state index in [1.165, 1.54) is 7.11 Å². The Morgan fingerprint density at radius 2 is 1.86 bits per heavy atom. The van der Waals surface area contributed by atoms with E-state index in [-0.39, 0.29) is 18.2 Å². The third-order valence-electron chi connectivity index (χ3n) is 5.64. The summed E-state index contributed by atoms with van der Waals surface area (Å²) in [6.45, 7) is 2.42. The number of pyridine rings is 1. The maximum atomic E-state index is 9.55. The monoisotopic (exact) mass is 391 g/mol. The van der Waals surface area contributed by atoms with Crippen LogP contribution in [-0.4, -0.2) is 60.2 Å². The average Bonchev–Trinajstić information content (AvgIpc) is 3.33. The molecule has 0 amide bonds. The predicted octanol–water partition coefficient (Wildman–Crippen LogP) is 2.16. The zero-order valence-electron chi connectivity index (χ0n) is 16.1. The fourth-order valence-electron chi connectivity index (χ4n) is 4.16. The summed E-state index contributed by atoms with van der Waals surface area (Å²) < 4.78 is 19.9. The van der Waals surface area contributed by atoms with E-state index in [4.69, 9.17) is 14.2 Å². The molecule has 29 heavy (non-hydrogen) atoms. The number of hydrogen-bond acceptors (Lipinski definition) is 7. The van der Waals surface area contributed by atoms with Gasteiger partial charge in [-0.25, -0.2) is 9.97 Å². The third-order valence-corrected chi connectivity index (χ3v) is 5.64. The average molecular weight is 391 g/mol. The van der Waals surface area contributed by atoms with Crippen LogP contribution in [-0.2, 0) is 9.47 Å². The normalized spacial score (nSPS) is 22.3. The number of aromatic nitrogens is 3. The van der Waals surface area contributed by atoms with Crippen molar-refractivity contribution in [2.24, 2.45) is 0 Å². The van der Waals surface area contributed by atoms with Gasteiger partial charge in [-0.2, -0.15) is 5.26 Å². The summed E-state index contributed by atoms with van der Waals surface area (Å²) in [6.07, 6.45) is 3.41. The Morgan fingerprint density at radius 1 is 1.10 bits per heavy atom. The van der Waals surface area contributed by atoms with Gasteiger partial charge in [-0.3, -0.25) is 0 Å². The number of methoxy groups -OCH3 is 1. The van der Waals surface area contributed by atoms with Crippen molar-refractivity contribution < 1.29 is 14.2 Å². The van der Waals surface area contributed by atoms with Crippen molar-refractivity contribution in [3.05, 3.63) is 48.4 Å². The molecule has 0 bridgehead atoms. The number of rotatable bonds is 3. The van der Waals surface area contributed by atoms with Gasteiger partial charge in [0.25, 0.3) is 0 Å². The minimum absolute atomic E-state index is 0.0551. The molecule has 0 saturated carbocycles. The maximum absolute atomic E-state index is 9.55. The number of ether oxygens (including phenoxy) is 3. The number of para-hydroxylation sites is 2. The molecular formula is C21H21N5O3. The fraction of sp³-hybridized carbons (Fsp3) is 0.381. The van der Waals surface area contributed by atoms with Gasteiger partial charge >= 0.3 is 0 Å². The first kappa shape index (κ1) is 17.9. The van der Waals surface area contributed by atoms with Gasteiger partial charge in [0, 0.05) is 19.3 Å². The van der Waals surface area contributed by atoms with Crippen molar-refractivity contribution in [1.82, 2.24) is 14.5 Å². The maximum Gasteiger partial charge on any atom is 0.233 e. The molecule has 2 atom stereocenters. The molecule has 4 heterocycles. The summed E-state index contributed by atoms with van der Waals surface area (Å²) in [6, 6.07) is 12.2. The van der Waals surface area contributed by atoms with Crippen molar-refractivity contribution in [2.75, 3.05) is 38.3 Å². The Bertz CT molecular complexity index is 1060. The summed E-state index contributed by atoms with van der Waals surface area (Å²) in [5, 5.41) is 9.55. The number of nitriles is 1. The molecule has 8 heteroatoms. The van der Waals surface area contributed by atoms with E-state index in [0.29, 0.717) is 37.7 Å². The lowest BCUT2D eigenvalue weighted by Gasteiger charge is -2.22. The van der Waals surface area contributed by atoms with Gasteiger partial charge in [-0.05, 0) is 18.2 Å². The molecule has 2 fully saturated rings. The van der Waals surface area contributed by atoms with Crippen LogP contribution >= 0.6 is 0 Å². The summed E-state index contributed by atoms with van der Waals surface area (Å²) >= 11 is 0. The molecule has 2 aliphatic rings. The van der Waals surface area contributed by atoms with Gasteiger partial charge in [-0.1, -0.05) is 12.1 Å². The molecule has 0 unspecified atom stereocenters. The van der Waals surface area contributed by atoms with Gasteiger partial charge in [0.2, 0.25) is 5.88 Å². The van der Waals surface area contributed by atoms with Crippen LogP contribution < -0.4 is 9.64 Å². The molecule has 5 rings (SSSR count). The predicted molar refractivity (Wildman–Crippen MR) is 106 cm³/mol. The number of hydrogen-bond donors (Lipinski definition) is 0. The zero-order chi connectivity index (χ0) is 19.8. The Morgan fingerprint density at radius 3 is 2.59 bits per heavy atom. The number of anilines is 1. The smallest absolute Gasteiger partial charge is 0.233 e. The largest absolute Gasteiger partial charge is 0.480 e. The Labute approximate surface area is 168 Å². The first-order valence-electron chi connectivity index (χ1n) is 9.61. The van der Waals surface area contributed by atoms with Gasteiger partial charge in [-0.15, -0.1) is 0 Å². The van der Waals surface area contributed by atoms with Crippen LogP contribution in [0.3, 0.4) is 0 Å². The second-order valence-corrected chi connectivity index (χ2v) is 7.27. The van der Waals surface area contributed by atoms with E-state index in [2.05, 4.69) is 31.6 Å². The lowest BCUT2D eigenvalue weighted by Crippen LogP contribution is -2.27. The molecule has 148 valence electrons. The number of fused-ring (bicyclic) bond motifs is 2. The van der Waals surface area contributed by atoms with Crippen LogP contribution in [0.5, 0.6) is 5.88 Å². The highest BCUT2D eigenvalue weighted by Crippen LogP contribution is 2.32. The highest BCUT2D eigenvalue weighted by molar-refractivity contribution is 5.75. The fourth-order valence-corrected chi connectivity index (χ4v) is 4.16. The standard InChI is InChI=1S/C21H21N5O3/c1-27-21-15(8-22)17(6-7-23-21)25-9-19-20(10-25)29-12-14(11-28-19)26-13-24-16-4-2-3-5-18(16)26/h2-7,13-14,19-20H,9-12H2,1H3/t19-,20-/m0/s1. The van der Waals surface area contributed by atoms with Crippen LogP contribution in [0.1, 0.15) is 11.6 Å². The molecule has 0 spiro atoms. The van der Waals surface area contributed by atoms with E-state index < -0.39 is 0 Å². The molecule has 8 nitrogen and oxygen atoms in total. The van der Waals surface area contributed by atoms with E-state index in [1.54, 1.807) is 6.20 Å². The first-order valence-corrected chi connectivity index (χ1v) is 9.61. The van der Waals surface area contributed by atoms with E-state index in [0.717, 1.165) is 16.7 Å². The lowest BCUT2D eigenvalue weighted by atomic mass is 10.2. The third kappa shape index (κ3) is 3.09. The summed E-state index contributed by atoms with van der Waals surface area (Å²) in [4.78, 5) is 10.7. The van der Waals surface area contributed by atoms with Crippen LogP contribution in [0.4, 0.5) is 5.69 Å². The molecule has 2 saturated heterocycles.